The maximum absolute atomic E-state index is 12.0. The molecule has 0 rings (SSSR count). The molecule has 0 aromatic carbocycles. The number of ether oxygens (including phenoxy) is 1. The molecule has 0 spiro atoms. The van der Waals surface area contributed by atoms with Crippen molar-refractivity contribution in [2.24, 2.45) is 11.3 Å². The van der Waals surface area contributed by atoms with Gasteiger partial charge in [0.05, 0.1) is 18.6 Å². The van der Waals surface area contributed by atoms with E-state index in [0.717, 1.165) is 12.8 Å². The first-order valence-corrected chi connectivity index (χ1v) is 7.69. The topological polar surface area (TPSA) is 46.5 Å². The number of esters is 1. The molecule has 0 radical (unpaired) electrons. The molecule has 0 aromatic heterocycles. The lowest BCUT2D eigenvalue weighted by molar-refractivity contribution is -0.157. The molecule has 0 aromatic rings. The van der Waals surface area contributed by atoms with Gasteiger partial charge < -0.3 is 9.84 Å². The lowest BCUT2D eigenvalue weighted by atomic mass is 9.76. The van der Waals surface area contributed by atoms with E-state index in [1.165, 1.54) is 19.3 Å². The van der Waals surface area contributed by atoms with Crippen LogP contribution in [0.25, 0.3) is 0 Å². The number of carbonyl (C=O) groups excluding carboxylic acids is 1. The van der Waals surface area contributed by atoms with Gasteiger partial charge >= 0.3 is 5.97 Å². The summed E-state index contributed by atoms with van der Waals surface area (Å²) in [4.78, 5) is 12.0. The lowest BCUT2D eigenvalue weighted by Gasteiger charge is -2.32. The molecule has 0 aliphatic heterocycles. The normalized spacial score (nSPS) is 15.1. The van der Waals surface area contributed by atoms with Gasteiger partial charge in [0.2, 0.25) is 0 Å². The second-order valence-corrected chi connectivity index (χ2v) is 6.37. The quantitative estimate of drug-likeness (QED) is 0.511. The van der Waals surface area contributed by atoms with Crippen molar-refractivity contribution in [1.29, 1.82) is 0 Å². The number of rotatable bonds is 9. The van der Waals surface area contributed by atoms with E-state index in [2.05, 4.69) is 6.92 Å². The molecule has 0 aliphatic carbocycles. The number of aliphatic hydroxyl groups is 1. The molecular formula is C16H32O3. The molecule has 114 valence electrons. The molecule has 0 heterocycles. The van der Waals surface area contributed by atoms with Gasteiger partial charge in [0.1, 0.15) is 0 Å². The fraction of sp³-hybridized carbons (Fsp3) is 0.938. The summed E-state index contributed by atoms with van der Waals surface area (Å²) in [5.41, 5.74) is -0.269. The Morgan fingerprint density at radius 1 is 1.11 bits per heavy atom. The minimum Gasteiger partial charge on any atom is -0.466 e. The second kappa shape index (κ2) is 9.35. The van der Waals surface area contributed by atoms with Crippen LogP contribution in [-0.4, -0.2) is 23.8 Å². The number of hydrogen-bond donors (Lipinski definition) is 1. The Bertz CT molecular complexity index is 243. The standard InChI is InChI=1S/C16H32O3/c1-6-8-9-10-11-12-13(17)14(16(3,4)5)15(18)19-7-2/h13-14,17H,6-12H2,1-5H3/t13-,14+/m0/s1. The predicted molar refractivity (Wildman–Crippen MR) is 79.0 cm³/mol. The Kier molecular flexibility index (Phi) is 9.07. The number of unbranched alkanes of at least 4 members (excludes halogenated alkanes) is 4. The zero-order valence-corrected chi connectivity index (χ0v) is 13.4. The van der Waals surface area contributed by atoms with Gasteiger partial charge in [-0.3, -0.25) is 4.79 Å². The zero-order chi connectivity index (χ0) is 14.9. The lowest BCUT2D eigenvalue weighted by Crippen LogP contribution is -2.39. The Morgan fingerprint density at radius 2 is 1.68 bits per heavy atom. The van der Waals surface area contributed by atoms with E-state index in [9.17, 15) is 9.90 Å². The highest BCUT2D eigenvalue weighted by atomic mass is 16.5. The van der Waals surface area contributed by atoms with Gasteiger partial charge in [0.15, 0.2) is 0 Å². The van der Waals surface area contributed by atoms with E-state index >= 15 is 0 Å². The van der Waals surface area contributed by atoms with Crippen LogP contribution >= 0.6 is 0 Å². The molecule has 0 amide bonds. The van der Waals surface area contributed by atoms with Gasteiger partial charge in [-0.2, -0.15) is 0 Å². The van der Waals surface area contributed by atoms with Gasteiger partial charge in [-0.05, 0) is 18.8 Å². The van der Waals surface area contributed by atoms with Gasteiger partial charge in [0.25, 0.3) is 0 Å². The van der Waals surface area contributed by atoms with Crippen LogP contribution in [0.5, 0.6) is 0 Å². The minimum absolute atomic E-state index is 0.268. The second-order valence-electron chi connectivity index (χ2n) is 6.37. The van der Waals surface area contributed by atoms with E-state index < -0.39 is 12.0 Å². The molecular weight excluding hydrogens is 240 g/mol. The highest BCUT2D eigenvalue weighted by molar-refractivity contribution is 5.74. The van der Waals surface area contributed by atoms with Crippen molar-refractivity contribution in [3.8, 4) is 0 Å². The van der Waals surface area contributed by atoms with Crippen molar-refractivity contribution in [2.75, 3.05) is 6.61 Å². The van der Waals surface area contributed by atoms with Crippen molar-refractivity contribution in [3.63, 3.8) is 0 Å². The third-order valence-corrected chi connectivity index (χ3v) is 3.46. The Hall–Kier alpha value is -0.570. The van der Waals surface area contributed by atoms with Gasteiger partial charge in [-0.15, -0.1) is 0 Å². The maximum Gasteiger partial charge on any atom is 0.312 e. The molecule has 0 saturated heterocycles. The first-order chi connectivity index (χ1) is 8.84. The van der Waals surface area contributed by atoms with Gasteiger partial charge in [-0.25, -0.2) is 0 Å². The number of hydrogen-bond acceptors (Lipinski definition) is 3. The van der Waals surface area contributed by atoms with Crippen molar-refractivity contribution >= 4 is 5.97 Å². The van der Waals surface area contributed by atoms with E-state index in [1.807, 2.05) is 20.8 Å². The van der Waals surface area contributed by atoms with E-state index in [1.54, 1.807) is 6.92 Å². The SMILES string of the molecule is CCCCCCC[C@H](O)[C@H](C(=O)OCC)C(C)(C)C. The summed E-state index contributed by atoms with van der Waals surface area (Å²) >= 11 is 0. The summed E-state index contributed by atoms with van der Waals surface area (Å²) in [7, 11) is 0. The Labute approximate surface area is 118 Å². The van der Waals surface area contributed by atoms with Crippen LogP contribution in [0.4, 0.5) is 0 Å². The van der Waals surface area contributed by atoms with Crippen LogP contribution in [0.3, 0.4) is 0 Å². The van der Waals surface area contributed by atoms with E-state index in [4.69, 9.17) is 4.74 Å². The third kappa shape index (κ3) is 7.56. The fourth-order valence-electron chi connectivity index (χ4n) is 2.44. The van der Waals surface area contributed by atoms with E-state index in [0.29, 0.717) is 13.0 Å². The summed E-state index contributed by atoms with van der Waals surface area (Å²) < 4.78 is 5.10. The summed E-state index contributed by atoms with van der Waals surface area (Å²) in [5, 5.41) is 10.3. The van der Waals surface area contributed by atoms with Crippen LogP contribution < -0.4 is 0 Å². The smallest absolute Gasteiger partial charge is 0.312 e. The molecule has 3 heteroatoms. The molecule has 19 heavy (non-hydrogen) atoms. The first-order valence-electron chi connectivity index (χ1n) is 7.69. The summed E-state index contributed by atoms with van der Waals surface area (Å²) in [6, 6.07) is 0. The molecule has 2 atom stereocenters. The molecule has 0 aliphatic rings. The van der Waals surface area contributed by atoms with Crippen LogP contribution in [0.2, 0.25) is 0 Å². The van der Waals surface area contributed by atoms with Crippen LogP contribution in [0.15, 0.2) is 0 Å². The largest absolute Gasteiger partial charge is 0.466 e. The molecule has 0 bridgehead atoms. The van der Waals surface area contributed by atoms with Crippen molar-refractivity contribution < 1.29 is 14.6 Å². The van der Waals surface area contributed by atoms with Gasteiger partial charge in [0, 0.05) is 0 Å². The van der Waals surface area contributed by atoms with Crippen LogP contribution in [0.1, 0.15) is 73.1 Å². The Morgan fingerprint density at radius 3 is 2.16 bits per heavy atom. The van der Waals surface area contributed by atoms with Crippen LogP contribution in [-0.2, 0) is 9.53 Å². The molecule has 1 N–H and O–H groups in total. The minimum atomic E-state index is -0.597. The molecule has 0 fully saturated rings. The highest BCUT2D eigenvalue weighted by Gasteiger charge is 2.37. The molecule has 0 saturated carbocycles. The van der Waals surface area contributed by atoms with Crippen molar-refractivity contribution in [3.05, 3.63) is 0 Å². The monoisotopic (exact) mass is 272 g/mol. The molecule has 3 nitrogen and oxygen atoms in total. The first kappa shape index (κ1) is 18.4. The predicted octanol–water partition coefficient (Wildman–Crippen LogP) is 3.93. The van der Waals surface area contributed by atoms with Crippen molar-refractivity contribution in [2.45, 2.75) is 79.2 Å². The average Bonchev–Trinajstić information content (AvgIpc) is 2.27. The van der Waals surface area contributed by atoms with Crippen molar-refractivity contribution in [1.82, 2.24) is 0 Å². The average molecular weight is 272 g/mol. The molecule has 0 unspecified atom stereocenters. The maximum atomic E-state index is 12.0. The highest BCUT2D eigenvalue weighted by Crippen LogP contribution is 2.32. The summed E-state index contributed by atoms with van der Waals surface area (Å²) in [6.45, 7) is 10.3. The Balaban J connectivity index is 4.32. The van der Waals surface area contributed by atoms with Crippen LogP contribution in [0, 0.1) is 11.3 Å². The van der Waals surface area contributed by atoms with Gasteiger partial charge in [-0.1, -0.05) is 59.8 Å². The summed E-state index contributed by atoms with van der Waals surface area (Å²) in [5.74, 6) is -0.699. The fourth-order valence-corrected chi connectivity index (χ4v) is 2.44. The summed E-state index contributed by atoms with van der Waals surface area (Å²) in [6.07, 6.45) is 5.87. The third-order valence-electron chi connectivity index (χ3n) is 3.46. The zero-order valence-electron chi connectivity index (χ0n) is 13.4. The van der Waals surface area contributed by atoms with E-state index in [-0.39, 0.29) is 11.4 Å². The number of aliphatic hydroxyl groups excluding tert-OH is 1. The number of carbonyl (C=O) groups is 1.